The molecule has 1 rings (SSSR count). The van der Waals surface area contributed by atoms with Gasteiger partial charge >= 0.3 is 5.97 Å². The zero-order valence-corrected chi connectivity index (χ0v) is 7.73. The first-order valence-corrected chi connectivity index (χ1v) is 4.28. The monoisotopic (exact) mass is 182 g/mol. The van der Waals surface area contributed by atoms with Crippen molar-refractivity contribution in [2.75, 3.05) is 7.11 Å². The van der Waals surface area contributed by atoms with E-state index in [4.69, 9.17) is 4.74 Å². The molecule has 0 radical (unpaired) electrons. The van der Waals surface area contributed by atoms with Crippen LogP contribution in [0.25, 0.3) is 0 Å². The van der Waals surface area contributed by atoms with Gasteiger partial charge in [0.15, 0.2) is 6.10 Å². The number of esters is 1. The Balaban J connectivity index is 2.50. The number of ether oxygens (including phenoxy) is 2. The minimum atomic E-state index is -0.444. The van der Waals surface area contributed by atoms with Gasteiger partial charge in [-0.1, -0.05) is 18.2 Å². The van der Waals surface area contributed by atoms with Crippen molar-refractivity contribution in [3.8, 4) is 0 Å². The molecule has 3 heteroatoms. The number of methoxy groups -OCH3 is 1. The third-order valence-electron chi connectivity index (χ3n) is 1.90. The van der Waals surface area contributed by atoms with Crippen molar-refractivity contribution in [2.24, 2.45) is 0 Å². The molecule has 1 aliphatic rings. The minimum Gasteiger partial charge on any atom is -0.467 e. The number of hydrogen-bond acceptors (Lipinski definition) is 3. The molecule has 0 saturated heterocycles. The fraction of sp³-hybridized carbons (Fsp3) is 0.500. The van der Waals surface area contributed by atoms with E-state index in [2.05, 4.69) is 11.3 Å². The van der Waals surface area contributed by atoms with Crippen molar-refractivity contribution in [1.29, 1.82) is 0 Å². The zero-order chi connectivity index (χ0) is 9.68. The fourth-order valence-electron chi connectivity index (χ4n) is 1.25. The Morgan fingerprint density at radius 1 is 1.85 bits per heavy atom. The molecule has 0 bridgehead atoms. The lowest BCUT2D eigenvalue weighted by atomic mass is 10.1. The van der Waals surface area contributed by atoms with Crippen molar-refractivity contribution in [1.82, 2.24) is 0 Å². The highest BCUT2D eigenvalue weighted by Gasteiger charge is 2.24. The number of hydrogen-bond donors (Lipinski definition) is 0. The Morgan fingerprint density at radius 2 is 2.62 bits per heavy atom. The molecule has 0 N–H and O–H groups in total. The van der Waals surface area contributed by atoms with Crippen LogP contribution in [0.1, 0.15) is 12.8 Å². The van der Waals surface area contributed by atoms with Crippen molar-refractivity contribution in [2.45, 2.75) is 25.0 Å². The molecule has 0 aromatic rings. The first kappa shape index (κ1) is 9.99. The lowest BCUT2D eigenvalue weighted by molar-refractivity contribution is -0.156. The molecule has 1 aliphatic heterocycles. The molecule has 3 nitrogen and oxygen atoms in total. The molecule has 0 saturated carbocycles. The van der Waals surface area contributed by atoms with Gasteiger partial charge in [0.25, 0.3) is 0 Å². The Hall–Kier alpha value is -1.09. The van der Waals surface area contributed by atoms with Gasteiger partial charge in [-0.05, 0) is 6.42 Å². The quantitative estimate of drug-likeness (QED) is 0.489. The molecule has 0 spiro atoms. The SMILES string of the molecule is C=CC[C@@H]1C=CC[C@@H](C(=O)OC)O1. The van der Waals surface area contributed by atoms with Gasteiger partial charge in [0, 0.05) is 6.42 Å². The molecule has 0 amide bonds. The van der Waals surface area contributed by atoms with Crippen LogP contribution in [0.2, 0.25) is 0 Å². The van der Waals surface area contributed by atoms with Crippen LogP contribution < -0.4 is 0 Å². The fourth-order valence-corrected chi connectivity index (χ4v) is 1.25. The molecule has 0 unspecified atom stereocenters. The molecular formula is C10H14O3. The highest BCUT2D eigenvalue weighted by Crippen LogP contribution is 2.15. The minimum absolute atomic E-state index is 0.0321. The van der Waals surface area contributed by atoms with Crippen LogP contribution in [0, 0.1) is 0 Å². The van der Waals surface area contributed by atoms with Crippen molar-refractivity contribution >= 4 is 5.97 Å². The third-order valence-corrected chi connectivity index (χ3v) is 1.90. The van der Waals surface area contributed by atoms with E-state index < -0.39 is 6.10 Å². The van der Waals surface area contributed by atoms with E-state index in [0.717, 1.165) is 6.42 Å². The second kappa shape index (κ2) is 4.82. The predicted octanol–water partition coefficient (Wildman–Crippen LogP) is 1.45. The average Bonchev–Trinajstić information content (AvgIpc) is 2.18. The van der Waals surface area contributed by atoms with Crippen LogP contribution in [0.3, 0.4) is 0 Å². The Bertz CT molecular complexity index is 220. The molecule has 1 heterocycles. The first-order chi connectivity index (χ1) is 6.27. The molecule has 0 aromatic carbocycles. The molecule has 0 aromatic heterocycles. The third kappa shape index (κ3) is 2.70. The van der Waals surface area contributed by atoms with Crippen LogP contribution >= 0.6 is 0 Å². The standard InChI is InChI=1S/C10H14O3/c1-3-5-8-6-4-7-9(13-8)10(11)12-2/h3-4,6,8-9H,1,5,7H2,2H3/t8-,9+/m1/s1. The van der Waals surface area contributed by atoms with E-state index in [1.54, 1.807) is 6.08 Å². The highest BCUT2D eigenvalue weighted by atomic mass is 16.6. The van der Waals surface area contributed by atoms with Gasteiger partial charge in [-0.2, -0.15) is 0 Å². The van der Waals surface area contributed by atoms with Crippen LogP contribution in [-0.4, -0.2) is 25.3 Å². The molecule has 0 aliphatic carbocycles. The molecular weight excluding hydrogens is 168 g/mol. The largest absolute Gasteiger partial charge is 0.467 e. The summed E-state index contributed by atoms with van der Waals surface area (Å²) in [6.45, 7) is 3.61. The molecule has 13 heavy (non-hydrogen) atoms. The van der Waals surface area contributed by atoms with Gasteiger partial charge in [0.1, 0.15) is 0 Å². The Labute approximate surface area is 78.0 Å². The van der Waals surface area contributed by atoms with Crippen molar-refractivity contribution < 1.29 is 14.3 Å². The second-order valence-corrected chi connectivity index (χ2v) is 2.87. The van der Waals surface area contributed by atoms with E-state index >= 15 is 0 Å². The van der Waals surface area contributed by atoms with Gasteiger partial charge in [0.2, 0.25) is 0 Å². The average molecular weight is 182 g/mol. The lowest BCUT2D eigenvalue weighted by Crippen LogP contribution is -2.31. The summed E-state index contributed by atoms with van der Waals surface area (Å²) in [6.07, 6.45) is 6.51. The summed E-state index contributed by atoms with van der Waals surface area (Å²) in [5.74, 6) is -0.307. The van der Waals surface area contributed by atoms with Crippen LogP contribution in [0.4, 0.5) is 0 Å². The number of rotatable bonds is 3. The van der Waals surface area contributed by atoms with E-state index in [1.165, 1.54) is 7.11 Å². The van der Waals surface area contributed by atoms with Gasteiger partial charge in [0.05, 0.1) is 13.2 Å². The van der Waals surface area contributed by atoms with Gasteiger partial charge in [-0.3, -0.25) is 0 Å². The van der Waals surface area contributed by atoms with Crippen LogP contribution in [0.15, 0.2) is 24.8 Å². The molecule has 2 atom stereocenters. The smallest absolute Gasteiger partial charge is 0.335 e. The second-order valence-electron chi connectivity index (χ2n) is 2.87. The maximum atomic E-state index is 11.1. The van der Waals surface area contributed by atoms with Crippen LogP contribution in [-0.2, 0) is 14.3 Å². The first-order valence-electron chi connectivity index (χ1n) is 4.28. The number of carbonyl (C=O) groups excluding carboxylic acids is 1. The van der Waals surface area contributed by atoms with Gasteiger partial charge in [-0.25, -0.2) is 4.79 Å². The van der Waals surface area contributed by atoms with E-state index in [9.17, 15) is 4.79 Å². The van der Waals surface area contributed by atoms with E-state index in [-0.39, 0.29) is 12.1 Å². The number of carbonyl (C=O) groups is 1. The van der Waals surface area contributed by atoms with Crippen molar-refractivity contribution in [3.05, 3.63) is 24.8 Å². The summed E-state index contributed by atoms with van der Waals surface area (Å²) in [7, 11) is 1.37. The molecule has 72 valence electrons. The maximum Gasteiger partial charge on any atom is 0.335 e. The Kier molecular flexibility index (Phi) is 3.71. The van der Waals surface area contributed by atoms with Crippen molar-refractivity contribution in [3.63, 3.8) is 0 Å². The highest BCUT2D eigenvalue weighted by molar-refractivity contribution is 5.74. The molecule has 0 fully saturated rings. The summed E-state index contributed by atoms with van der Waals surface area (Å²) in [5.41, 5.74) is 0. The van der Waals surface area contributed by atoms with E-state index in [1.807, 2.05) is 12.2 Å². The van der Waals surface area contributed by atoms with Gasteiger partial charge < -0.3 is 9.47 Å². The van der Waals surface area contributed by atoms with Gasteiger partial charge in [-0.15, -0.1) is 6.58 Å². The lowest BCUT2D eigenvalue weighted by Gasteiger charge is -2.23. The van der Waals surface area contributed by atoms with E-state index in [0.29, 0.717) is 6.42 Å². The predicted molar refractivity (Wildman–Crippen MR) is 49.2 cm³/mol. The summed E-state index contributed by atoms with van der Waals surface area (Å²) in [6, 6.07) is 0. The zero-order valence-electron chi connectivity index (χ0n) is 7.73. The summed E-state index contributed by atoms with van der Waals surface area (Å²) >= 11 is 0. The Morgan fingerprint density at radius 3 is 3.23 bits per heavy atom. The topological polar surface area (TPSA) is 35.5 Å². The normalized spacial score (nSPS) is 26.8. The van der Waals surface area contributed by atoms with Crippen LogP contribution in [0.5, 0.6) is 0 Å². The maximum absolute atomic E-state index is 11.1. The summed E-state index contributed by atoms with van der Waals surface area (Å²) in [5, 5.41) is 0. The summed E-state index contributed by atoms with van der Waals surface area (Å²) in [4.78, 5) is 11.1. The summed E-state index contributed by atoms with van der Waals surface area (Å²) < 4.78 is 10.0.